The first kappa shape index (κ1) is 24.4. The standard InChI is InChI=1S/C25H16BrCl2N3O2S/c26-16-8-6-15(7-9-16)12-22-24(33)31(18-4-2-1-3-5-18)25(34-22)19(14-29)23(32)30-17-10-11-20(27)21(28)13-17/h1-11,13,22H,12H2,(H,30,32)/b25-19-. The van der Waals surface area contributed by atoms with E-state index in [0.717, 1.165) is 10.0 Å². The summed E-state index contributed by atoms with van der Waals surface area (Å²) in [6.07, 6.45) is 0.455. The number of para-hydroxylation sites is 1. The van der Waals surface area contributed by atoms with E-state index in [-0.39, 0.29) is 16.5 Å². The van der Waals surface area contributed by atoms with Gasteiger partial charge in [-0.05, 0) is 54.4 Å². The molecule has 0 bridgehead atoms. The highest BCUT2D eigenvalue weighted by Gasteiger charge is 2.40. The van der Waals surface area contributed by atoms with Crippen LogP contribution in [0.25, 0.3) is 0 Å². The smallest absolute Gasteiger partial charge is 0.269 e. The van der Waals surface area contributed by atoms with Crippen LogP contribution in [0.15, 0.2) is 87.9 Å². The van der Waals surface area contributed by atoms with E-state index in [1.165, 1.54) is 22.7 Å². The lowest BCUT2D eigenvalue weighted by atomic mass is 10.1. The third-order valence-electron chi connectivity index (χ3n) is 5.03. The van der Waals surface area contributed by atoms with Crippen molar-refractivity contribution in [1.29, 1.82) is 5.26 Å². The number of rotatable bonds is 5. The van der Waals surface area contributed by atoms with Gasteiger partial charge in [0.15, 0.2) is 0 Å². The maximum Gasteiger partial charge on any atom is 0.269 e. The first-order chi connectivity index (χ1) is 16.4. The van der Waals surface area contributed by atoms with Gasteiger partial charge in [-0.2, -0.15) is 5.26 Å². The van der Waals surface area contributed by atoms with Crippen molar-refractivity contribution in [2.75, 3.05) is 10.2 Å². The van der Waals surface area contributed by atoms with Crippen molar-refractivity contribution in [1.82, 2.24) is 0 Å². The van der Waals surface area contributed by atoms with Gasteiger partial charge in [-0.25, -0.2) is 0 Å². The molecule has 1 N–H and O–H groups in total. The second-order valence-electron chi connectivity index (χ2n) is 7.32. The van der Waals surface area contributed by atoms with E-state index in [0.29, 0.717) is 27.8 Å². The Labute approximate surface area is 219 Å². The van der Waals surface area contributed by atoms with Gasteiger partial charge in [-0.1, -0.05) is 81.2 Å². The highest BCUT2D eigenvalue weighted by molar-refractivity contribution is 9.10. The van der Waals surface area contributed by atoms with Gasteiger partial charge in [-0.3, -0.25) is 14.5 Å². The number of carbonyl (C=O) groups excluding carboxylic acids is 2. The molecular formula is C25H16BrCl2N3O2S. The molecule has 3 aromatic carbocycles. The maximum atomic E-state index is 13.5. The van der Waals surface area contributed by atoms with Gasteiger partial charge in [0, 0.05) is 15.8 Å². The summed E-state index contributed by atoms with van der Waals surface area (Å²) in [4.78, 5) is 28.0. The van der Waals surface area contributed by atoms with Crippen molar-refractivity contribution in [2.24, 2.45) is 0 Å². The number of nitrogens with zero attached hydrogens (tertiary/aromatic N) is 2. The number of carbonyl (C=O) groups is 2. The molecule has 1 aliphatic heterocycles. The Balaban J connectivity index is 1.70. The van der Waals surface area contributed by atoms with Gasteiger partial charge in [0.25, 0.3) is 5.91 Å². The Morgan fingerprint density at radius 2 is 1.76 bits per heavy atom. The van der Waals surface area contributed by atoms with E-state index in [2.05, 4.69) is 21.2 Å². The summed E-state index contributed by atoms with van der Waals surface area (Å²) in [5.74, 6) is -0.828. The maximum absolute atomic E-state index is 13.5. The number of hydrogen-bond acceptors (Lipinski definition) is 4. The Morgan fingerprint density at radius 1 is 1.06 bits per heavy atom. The number of amides is 2. The number of halogens is 3. The van der Waals surface area contributed by atoms with Crippen LogP contribution in [-0.2, 0) is 16.0 Å². The minimum Gasteiger partial charge on any atom is -0.321 e. The van der Waals surface area contributed by atoms with E-state index < -0.39 is 11.2 Å². The lowest BCUT2D eigenvalue weighted by Crippen LogP contribution is -2.30. The zero-order valence-electron chi connectivity index (χ0n) is 17.5. The van der Waals surface area contributed by atoms with Crippen molar-refractivity contribution in [2.45, 2.75) is 11.7 Å². The summed E-state index contributed by atoms with van der Waals surface area (Å²) < 4.78 is 0.943. The second-order valence-corrected chi connectivity index (χ2v) is 10.2. The summed E-state index contributed by atoms with van der Waals surface area (Å²) in [5, 5.41) is 13.0. The Bertz CT molecular complexity index is 1320. The molecule has 1 saturated heterocycles. The number of nitriles is 1. The number of nitrogens with one attached hydrogen (secondary N) is 1. The van der Waals surface area contributed by atoms with E-state index in [4.69, 9.17) is 23.2 Å². The van der Waals surface area contributed by atoms with Gasteiger partial charge in [0.1, 0.15) is 16.7 Å². The quantitative estimate of drug-likeness (QED) is 0.269. The molecule has 1 fully saturated rings. The molecule has 9 heteroatoms. The Kier molecular flexibility index (Phi) is 7.64. The molecule has 34 heavy (non-hydrogen) atoms. The third-order valence-corrected chi connectivity index (χ3v) is 7.56. The van der Waals surface area contributed by atoms with Gasteiger partial charge in [-0.15, -0.1) is 0 Å². The van der Waals surface area contributed by atoms with Crippen LogP contribution in [0.1, 0.15) is 5.56 Å². The third kappa shape index (κ3) is 5.31. The minimum absolute atomic E-state index is 0.161. The molecule has 0 aromatic heterocycles. The monoisotopic (exact) mass is 571 g/mol. The van der Waals surface area contributed by atoms with Crippen LogP contribution in [0.2, 0.25) is 10.0 Å². The van der Waals surface area contributed by atoms with Crippen molar-refractivity contribution >= 4 is 74.1 Å². The fraction of sp³-hybridized carbons (Fsp3) is 0.0800. The Morgan fingerprint density at radius 3 is 2.41 bits per heavy atom. The largest absolute Gasteiger partial charge is 0.321 e. The summed E-state index contributed by atoms with van der Waals surface area (Å²) in [5.41, 5.74) is 1.79. The van der Waals surface area contributed by atoms with Crippen LogP contribution in [0.5, 0.6) is 0 Å². The van der Waals surface area contributed by atoms with Crippen LogP contribution in [0.4, 0.5) is 11.4 Å². The number of thioether (sulfide) groups is 1. The lowest BCUT2D eigenvalue weighted by molar-refractivity contribution is -0.117. The number of benzene rings is 3. The van der Waals surface area contributed by atoms with Crippen molar-refractivity contribution in [3.63, 3.8) is 0 Å². The molecule has 3 aromatic rings. The fourth-order valence-electron chi connectivity index (χ4n) is 3.40. The first-order valence-electron chi connectivity index (χ1n) is 10.1. The van der Waals surface area contributed by atoms with Crippen molar-refractivity contribution < 1.29 is 9.59 Å². The van der Waals surface area contributed by atoms with E-state index >= 15 is 0 Å². The average molecular weight is 573 g/mol. The number of anilines is 2. The normalized spacial score (nSPS) is 16.8. The van der Waals surface area contributed by atoms with E-state index in [1.54, 1.807) is 36.4 Å². The predicted molar refractivity (Wildman–Crippen MR) is 141 cm³/mol. The summed E-state index contributed by atoms with van der Waals surface area (Å²) in [7, 11) is 0. The topological polar surface area (TPSA) is 73.2 Å². The van der Waals surface area contributed by atoms with Crippen molar-refractivity contribution in [3.05, 3.63) is 103 Å². The van der Waals surface area contributed by atoms with E-state index in [1.807, 2.05) is 36.4 Å². The SMILES string of the molecule is N#C/C(C(=O)Nc1ccc(Cl)c(Cl)c1)=C1/SC(Cc2ccc(Br)cc2)C(=O)N1c1ccccc1. The summed E-state index contributed by atoms with van der Waals surface area (Å²) >= 11 is 16.6. The Hall–Kier alpha value is -2.76. The molecule has 0 radical (unpaired) electrons. The fourth-order valence-corrected chi connectivity index (χ4v) is 5.27. The second kappa shape index (κ2) is 10.7. The van der Waals surface area contributed by atoms with Gasteiger partial charge >= 0.3 is 0 Å². The summed E-state index contributed by atoms with van der Waals surface area (Å²) in [6, 6.07) is 23.3. The predicted octanol–water partition coefficient (Wildman–Crippen LogP) is 6.82. The molecule has 170 valence electrons. The van der Waals surface area contributed by atoms with Gasteiger partial charge in [0.2, 0.25) is 5.91 Å². The van der Waals surface area contributed by atoms with Crippen LogP contribution < -0.4 is 10.2 Å². The molecule has 1 heterocycles. The molecule has 5 nitrogen and oxygen atoms in total. The average Bonchev–Trinajstić information content (AvgIpc) is 3.14. The zero-order chi connectivity index (χ0) is 24.2. The molecule has 1 atom stereocenters. The molecule has 2 amide bonds. The van der Waals surface area contributed by atoms with E-state index in [9.17, 15) is 14.9 Å². The molecular weight excluding hydrogens is 557 g/mol. The van der Waals surface area contributed by atoms with Gasteiger partial charge < -0.3 is 5.32 Å². The van der Waals surface area contributed by atoms with Crippen molar-refractivity contribution in [3.8, 4) is 6.07 Å². The summed E-state index contributed by atoms with van der Waals surface area (Å²) in [6.45, 7) is 0. The first-order valence-corrected chi connectivity index (χ1v) is 12.5. The molecule has 0 saturated carbocycles. The molecule has 0 spiro atoms. The molecule has 1 unspecified atom stereocenters. The minimum atomic E-state index is -0.638. The molecule has 1 aliphatic rings. The number of hydrogen-bond donors (Lipinski definition) is 1. The van der Waals surface area contributed by atoms with Gasteiger partial charge in [0.05, 0.1) is 15.3 Å². The van der Waals surface area contributed by atoms with Crippen LogP contribution >= 0.6 is 50.9 Å². The van der Waals surface area contributed by atoms with Crippen LogP contribution in [0.3, 0.4) is 0 Å². The highest BCUT2D eigenvalue weighted by atomic mass is 79.9. The zero-order valence-corrected chi connectivity index (χ0v) is 21.4. The van der Waals surface area contributed by atoms with Crippen LogP contribution in [0, 0.1) is 11.3 Å². The molecule has 4 rings (SSSR count). The highest BCUT2D eigenvalue weighted by Crippen LogP contribution is 2.42. The lowest BCUT2D eigenvalue weighted by Gasteiger charge is -2.18. The van der Waals surface area contributed by atoms with Crippen LogP contribution in [-0.4, -0.2) is 17.1 Å². The molecule has 0 aliphatic carbocycles.